The maximum absolute atomic E-state index is 12.6. The summed E-state index contributed by atoms with van der Waals surface area (Å²) in [7, 11) is 1.58. The summed E-state index contributed by atoms with van der Waals surface area (Å²) in [6, 6.07) is 7.03. The van der Waals surface area contributed by atoms with Crippen LogP contribution >= 0.6 is 23.1 Å². The molecule has 0 aliphatic carbocycles. The van der Waals surface area contributed by atoms with E-state index in [0.29, 0.717) is 17.1 Å². The average molecular weight is 536 g/mol. The molecule has 3 aromatic rings. The number of methoxy groups -OCH3 is 1. The van der Waals surface area contributed by atoms with Crippen molar-refractivity contribution in [3.8, 4) is 11.5 Å². The van der Waals surface area contributed by atoms with Gasteiger partial charge in [0.25, 0.3) is 11.1 Å². The van der Waals surface area contributed by atoms with Crippen molar-refractivity contribution >= 4 is 45.9 Å². The van der Waals surface area contributed by atoms with Crippen LogP contribution in [0.5, 0.6) is 11.5 Å². The highest BCUT2D eigenvalue weighted by molar-refractivity contribution is 7.99. The van der Waals surface area contributed by atoms with Crippen molar-refractivity contribution < 1.29 is 37.7 Å². The molecule has 0 spiro atoms. The predicted molar refractivity (Wildman–Crippen MR) is 132 cm³/mol. The Morgan fingerprint density at radius 1 is 1.03 bits per heavy atom. The second-order valence-corrected chi connectivity index (χ2v) is 8.91. The monoisotopic (exact) mass is 535 g/mol. The Bertz CT molecular complexity index is 1210. The average Bonchev–Trinajstić information content (AvgIpc) is 3.46. The number of benzene rings is 1. The molecule has 3 rings (SSSR count). The molecule has 0 bridgehead atoms. The molecule has 36 heavy (non-hydrogen) atoms. The van der Waals surface area contributed by atoms with Crippen molar-refractivity contribution in [2.75, 3.05) is 31.4 Å². The molecule has 0 aliphatic heterocycles. The van der Waals surface area contributed by atoms with Crippen molar-refractivity contribution in [3.05, 3.63) is 46.2 Å². The zero-order chi connectivity index (χ0) is 26.1. The topological polar surface area (TPSA) is 139 Å². The summed E-state index contributed by atoms with van der Waals surface area (Å²) in [5, 5.41) is 10.9. The Morgan fingerprint density at radius 3 is 2.36 bits per heavy atom. The number of thioether (sulfide) groups is 1. The van der Waals surface area contributed by atoms with Gasteiger partial charge in [0.15, 0.2) is 6.61 Å². The Morgan fingerprint density at radius 2 is 1.69 bits per heavy atom. The third kappa shape index (κ3) is 6.98. The zero-order valence-corrected chi connectivity index (χ0v) is 21.7. The van der Waals surface area contributed by atoms with E-state index in [1.54, 1.807) is 52.1 Å². The van der Waals surface area contributed by atoms with Gasteiger partial charge in [-0.25, -0.2) is 9.59 Å². The van der Waals surface area contributed by atoms with Crippen molar-refractivity contribution in [2.24, 2.45) is 0 Å². The molecule has 0 atom stereocenters. The molecular weight excluding hydrogens is 510 g/mol. The van der Waals surface area contributed by atoms with Gasteiger partial charge in [-0.05, 0) is 50.6 Å². The van der Waals surface area contributed by atoms with Crippen LogP contribution in [0.2, 0.25) is 0 Å². The van der Waals surface area contributed by atoms with Crippen molar-refractivity contribution in [2.45, 2.75) is 32.6 Å². The Kier molecular flexibility index (Phi) is 9.70. The number of ether oxygens (including phenoxy) is 4. The lowest BCUT2D eigenvalue weighted by Crippen LogP contribution is -2.16. The fraction of sp³-hybridized carbons (Fsp3) is 0.348. The summed E-state index contributed by atoms with van der Waals surface area (Å²) in [6.45, 7) is 5.34. The van der Waals surface area contributed by atoms with E-state index >= 15 is 0 Å². The fourth-order valence-corrected chi connectivity index (χ4v) is 4.59. The van der Waals surface area contributed by atoms with E-state index in [1.807, 2.05) is 0 Å². The summed E-state index contributed by atoms with van der Waals surface area (Å²) in [6.07, 6.45) is 0. The molecule has 1 N–H and O–H groups in total. The quantitative estimate of drug-likeness (QED) is 0.265. The molecule has 2 aromatic heterocycles. The largest absolute Gasteiger partial charge is 0.497 e. The molecule has 0 aliphatic rings. The highest BCUT2D eigenvalue weighted by Gasteiger charge is 2.27. The van der Waals surface area contributed by atoms with Crippen LogP contribution in [0, 0.1) is 6.92 Å². The molecule has 0 unspecified atom stereocenters. The smallest absolute Gasteiger partial charge is 0.348 e. The Balaban J connectivity index is 1.59. The van der Waals surface area contributed by atoms with Crippen LogP contribution in [0.1, 0.15) is 45.3 Å². The van der Waals surface area contributed by atoms with Gasteiger partial charge in [-0.2, -0.15) is 0 Å². The number of amides is 1. The summed E-state index contributed by atoms with van der Waals surface area (Å²) in [5.41, 5.74) is 0.511. The van der Waals surface area contributed by atoms with Crippen LogP contribution in [-0.4, -0.2) is 54.1 Å². The second-order valence-electron chi connectivity index (χ2n) is 6.96. The number of carbonyl (C=O) groups excluding carboxylic acids is 3. The van der Waals surface area contributed by atoms with E-state index in [-0.39, 0.29) is 52.1 Å². The van der Waals surface area contributed by atoms with Crippen molar-refractivity contribution in [1.82, 2.24) is 10.2 Å². The number of aromatic nitrogens is 2. The number of anilines is 1. The Hall–Kier alpha value is -3.58. The highest BCUT2D eigenvalue weighted by atomic mass is 32.2. The number of esters is 2. The minimum atomic E-state index is -0.636. The minimum Gasteiger partial charge on any atom is -0.497 e. The number of hydrogen-bond donors (Lipinski definition) is 1. The first kappa shape index (κ1) is 27.0. The van der Waals surface area contributed by atoms with Crippen LogP contribution in [-0.2, 0) is 20.9 Å². The van der Waals surface area contributed by atoms with Crippen LogP contribution < -0.4 is 14.8 Å². The van der Waals surface area contributed by atoms with E-state index in [2.05, 4.69) is 15.5 Å². The van der Waals surface area contributed by atoms with Gasteiger partial charge in [0.05, 0.1) is 31.6 Å². The van der Waals surface area contributed by atoms with Gasteiger partial charge >= 0.3 is 11.9 Å². The summed E-state index contributed by atoms with van der Waals surface area (Å²) in [4.78, 5) is 37.5. The minimum absolute atomic E-state index is 0.0556. The lowest BCUT2D eigenvalue weighted by Gasteiger charge is -2.06. The van der Waals surface area contributed by atoms with Gasteiger partial charge < -0.3 is 28.7 Å². The van der Waals surface area contributed by atoms with E-state index < -0.39 is 17.8 Å². The fourth-order valence-electron chi connectivity index (χ4n) is 2.90. The third-order valence-corrected chi connectivity index (χ3v) is 6.54. The maximum Gasteiger partial charge on any atom is 0.348 e. The first-order chi connectivity index (χ1) is 17.4. The van der Waals surface area contributed by atoms with Crippen molar-refractivity contribution in [1.29, 1.82) is 0 Å². The lowest BCUT2D eigenvalue weighted by atomic mass is 10.1. The molecule has 0 radical (unpaired) electrons. The molecule has 1 aromatic carbocycles. The van der Waals surface area contributed by atoms with Gasteiger partial charge in [0.1, 0.15) is 21.4 Å². The molecule has 0 saturated heterocycles. The molecule has 1 amide bonds. The van der Waals surface area contributed by atoms with Crippen LogP contribution in [0.3, 0.4) is 0 Å². The summed E-state index contributed by atoms with van der Waals surface area (Å²) >= 11 is 1.97. The summed E-state index contributed by atoms with van der Waals surface area (Å²) in [5.74, 6) is -0.161. The van der Waals surface area contributed by atoms with Crippen LogP contribution in [0.25, 0.3) is 0 Å². The van der Waals surface area contributed by atoms with Crippen LogP contribution in [0.4, 0.5) is 5.00 Å². The predicted octanol–water partition coefficient (Wildman–Crippen LogP) is 4.11. The molecule has 11 nitrogen and oxygen atoms in total. The Labute approximate surface area is 215 Å². The number of rotatable bonds is 12. The molecule has 2 heterocycles. The lowest BCUT2D eigenvalue weighted by molar-refractivity contribution is -0.113. The number of nitrogens with zero attached hydrogens (tertiary/aromatic N) is 2. The molecule has 13 heteroatoms. The summed E-state index contributed by atoms with van der Waals surface area (Å²) < 4.78 is 26.3. The molecule has 192 valence electrons. The standard InChI is InChI=1S/C23H25N3O8S2/c1-5-31-21(28)18-13(3)19(22(29)32-6-2)36-20(18)24-16(27)12-35-23-26-25-17(34-23)11-33-15-9-7-14(30-4)8-10-15/h7-10H,5-6,11-12H2,1-4H3,(H,24,27). The molecule has 0 saturated carbocycles. The highest BCUT2D eigenvalue weighted by Crippen LogP contribution is 2.34. The first-order valence-electron chi connectivity index (χ1n) is 10.9. The van der Waals surface area contributed by atoms with E-state index in [9.17, 15) is 14.4 Å². The number of hydrogen-bond acceptors (Lipinski definition) is 12. The maximum atomic E-state index is 12.6. The number of nitrogens with one attached hydrogen (secondary N) is 1. The normalized spacial score (nSPS) is 10.6. The zero-order valence-electron chi connectivity index (χ0n) is 20.1. The van der Waals surface area contributed by atoms with Gasteiger partial charge in [-0.3, -0.25) is 4.79 Å². The van der Waals surface area contributed by atoms with Crippen molar-refractivity contribution in [3.63, 3.8) is 0 Å². The molecule has 0 fully saturated rings. The van der Waals surface area contributed by atoms with E-state index in [1.165, 1.54) is 0 Å². The second kappa shape index (κ2) is 12.9. The molecular formula is C23H25N3O8S2. The number of carbonyl (C=O) groups is 3. The van der Waals surface area contributed by atoms with E-state index in [0.717, 1.165) is 23.1 Å². The van der Waals surface area contributed by atoms with Crippen LogP contribution in [0.15, 0.2) is 33.9 Å². The SMILES string of the molecule is CCOC(=O)c1sc(NC(=O)CSc2nnc(COc3ccc(OC)cc3)o2)c(C(=O)OCC)c1C. The van der Waals surface area contributed by atoms with E-state index in [4.69, 9.17) is 23.4 Å². The van der Waals surface area contributed by atoms with Gasteiger partial charge in [-0.1, -0.05) is 11.8 Å². The number of thiophene rings is 1. The third-order valence-electron chi connectivity index (χ3n) is 4.54. The first-order valence-corrected chi connectivity index (χ1v) is 12.7. The van der Waals surface area contributed by atoms with Gasteiger partial charge in [-0.15, -0.1) is 21.5 Å². The van der Waals surface area contributed by atoms with Gasteiger partial charge in [0, 0.05) is 0 Å². The van der Waals surface area contributed by atoms with Gasteiger partial charge in [0.2, 0.25) is 5.91 Å².